The first-order chi connectivity index (χ1) is 13.9. The number of fused-ring (bicyclic) bond motifs is 1. The maximum Gasteiger partial charge on any atom is 0.410 e. The number of benzene rings is 1. The van der Waals surface area contributed by atoms with Gasteiger partial charge in [-0.2, -0.15) is 0 Å². The molecule has 2 heterocycles. The maximum absolute atomic E-state index is 12.2. The molecule has 3 rings (SSSR count). The summed E-state index contributed by atoms with van der Waals surface area (Å²) in [6, 6.07) is 9.05. The normalized spacial score (nSPS) is 19.5. The molecule has 1 fully saturated rings. The number of ether oxygens (including phenoxy) is 1. The van der Waals surface area contributed by atoms with Gasteiger partial charge >= 0.3 is 6.09 Å². The molecule has 1 aliphatic heterocycles. The summed E-state index contributed by atoms with van der Waals surface area (Å²) in [5, 5.41) is 1.32. The minimum Gasteiger partial charge on any atom is -0.441 e. The fraction of sp³-hybridized carbons (Fsp3) is 0.542. The number of rotatable bonds is 10. The smallest absolute Gasteiger partial charge is 0.410 e. The second-order valence-electron chi connectivity index (χ2n) is 8.63. The van der Waals surface area contributed by atoms with E-state index in [1.54, 1.807) is 11.0 Å². The van der Waals surface area contributed by atoms with E-state index < -0.39 is 0 Å². The van der Waals surface area contributed by atoms with Crippen molar-refractivity contribution in [3.8, 4) is 0 Å². The van der Waals surface area contributed by atoms with Gasteiger partial charge in [-0.25, -0.2) is 4.79 Å². The molecule has 1 aliphatic rings. The Kier molecular flexibility index (Phi) is 6.68. The largest absolute Gasteiger partial charge is 0.441 e. The third-order valence-electron chi connectivity index (χ3n) is 5.86. The van der Waals surface area contributed by atoms with E-state index in [2.05, 4.69) is 74.3 Å². The Bertz CT molecular complexity index is 857. The lowest BCUT2D eigenvalue weighted by atomic mass is 9.93. The highest BCUT2D eigenvalue weighted by atomic mass is 16.6. The zero-order valence-electron chi connectivity index (χ0n) is 18.4. The molecule has 1 saturated heterocycles. The van der Waals surface area contributed by atoms with Crippen LogP contribution in [-0.2, 0) is 11.3 Å². The Hall–Kier alpha value is -2.27. The van der Waals surface area contributed by atoms with Gasteiger partial charge in [0.15, 0.2) is 0 Å². The summed E-state index contributed by atoms with van der Waals surface area (Å²) in [7, 11) is 2.15. The van der Waals surface area contributed by atoms with Gasteiger partial charge in [-0.3, -0.25) is 0 Å². The number of hydrogen-bond donors (Lipinski definition) is 0. The van der Waals surface area contributed by atoms with Crippen molar-refractivity contribution in [2.75, 3.05) is 26.7 Å². The highest BCUT2D eigenvalue weighted by molar-refractivity contribution is 5.84. The molecule has 1 aromatic carbocycles. The average Bonchev–Trinajstić information content (AvgIpc) is 3.20. The number of para-hydroxylation sites is 1. The number of cyclic esters (lactones) is 1. The number of carbonyl (C=O) groups excluding carboxylic acids is 1. The second kappa shape index (κ2) is 9.04. The van der Waals surface area contributed by atoms with Gasteiger partial charge < -0.3 is 19.1 Å². The van der Waals surface area contributed by atoms with Crippen LogP contribution in [0.2, 0.25) is 0 Å². The van der Waals surface area contributed by atoms with Crippen LogP contribution in [-0.4, -0.2) is 52.7 Å². The molecule has 29 heavy (non-hydrogen) atoms. The van der Waals surface area contributed by atoms with Crippen molar-refractivity contribution in [1.82, 2.24) is 14.4 Å². The quantitative estimate of drug-likeness (QED) is 0.516. The van der Waals surface area contributed by atoms with Crippen LogP contribution in [0.5, 0.6) is 0 Å². The lowest BCUT2D eigenvalue weighted by Gasteiger charge is -2.29. The lowest BCUT2D eigenvalue weighted by Crippen LogP contribution is -2.38. The van der Waals surface area contributed by atoms with Crippen molar-refractivity contribution in [3.63, 3.8) is 0 Å². The van der Waals surface area contributed by atoms with Crippen LogP contribution in [0.4, 0.5) is 4.79 Å². The van der Waals surface area contributed by atoms with Gasteiger partial charge in [0.2, 0.25) is 0 Å². The van der Waals surface area contributed by atoms with Crippen LogP contribution in [0, 0.1) is 0 Å². The van der Waals surface area contributed by atoms with E-state index in [-0.39, 0.29) is 11.7 Å². The standard InChI is InChI=1S/C24H35N3O2/c1-6-12-24(18-26(14-7-2)23(28)29-24)13-15-25(5)16-20-17-27(19(3)4)22-11-9-8-10-21(20)22/h7-11,17,19H,2,6,12-16,18H2,1,3-5H3. The molecule has 1 atom stereocenters. The van der Waals surface area contributed by atoms with Crippen molar-refractivity contribution in [2.45, 2.75) is 58.2 Å². The monoisotopic (exact) mass is 397 g/mol. The lowest BCUT2D eigenvalue weighted by molar-refractivity contribution is 0.0341. The molecule has 1 amide bonds. The predicted octanol–water partition coefficient (Wildman–Crippen LogP) is 5.22. The Morgan fingerprint density at radius 3 is 2.76 bits per heavy atom. The highest BCUT2D eigenvalue weighted by Gasteiger charge is 2.43. The summed E-state index contributed by atoms with van der Waals surface area (Å²) in [4.78, 5) is 16.3. The first-order valence-electron chi connectivity index (χ1n) is 10.7. The molecular formula is C24H35N3O2. The van der Waals surface area contributed by atoms with Crippen molar-refractivity contribution < 1.29 is 9.53 Å². The van der Waals surface area contributed by atoms with Crippen molar-refractivity contribution in [1.29, 1.82) is 0 Å². The van der Waals surface area contributed by atoms with E-state index in [1.165, 1.54) is 16.5 Å². The van der Waals surface area contributed by atoms with Crippen molar-refractivity contribution in [3.05, 3.63) is 48.7 Å². The van der Waals surface area contributed by atoms with Crippen LogP contribution in [0.3, 0.4) is 0 Å². The van der Waals surface area contributed by atoms with Crippen molar-refractivity contribution in [2.24, 2.45) is 0 Å². The van der Waals surface area contributed by atoms with E-state index in [1.807, 2.05) is 0 Å². The third kappa shape index (κ3) is 4.67. The molecule has 2 aromatic rings. The Balaban J connectivity index is 1.69. The molecule has 5 nitrogen and oxygen atoms in total. The van der Waals surface area contributed by atoms with Gasteiger partial charge in [-0.15, -0.1) is 6.58 Å². The summed E-state index contributed by atoms with van der Waals surface area (Å²) in [6.07, 6.45) is 6.59. The Morgan fingerprint density at radius 2 is 2.07 bits per heavy atom. The van der Waals surface area contributed by atoms with Crippen LogP contribution in [0.25, 0.3) is 10.9 Å². The van der Waals surface area contributed by atoms with E-state index in [0.717, 1.165) is 32.4 Å². The predicted molar refractivity (Wildman–Crippen MR) is 119 cm³/mol. The zero-order valence-corrected chi connectivity index (χ0v) is 18.4. The summed E-state index contributed by atoms with van der Waals surface area (Å²) in [5.41, 5.74) is 2.26. The summed E-state index contributed by atoms with van der Waals surface area (Å²) in [6.45, 7) is 13.3. The molecule has 0 aliphatic carbocycles. The Morgan fingerprint density at radius 1 is 1.31 bits per heavy atom. The van der Waals surface area contributed by atoms with Crippen LogP contribution in [0.15, 0.2) is 43.1 Å². The molecular weight excluding hydrogens is 362 g/mol. The number of amides is 1. The van der Waals surface area contributed by atoms with Crippen LogP contribution in [0.1, 0.15) is 51.6 Å². The fourth-order valence-corrected chi connectivity index (χ4v) is 4.43. The van der Waals surface area contributed by atoms with Gasteiger partial charge in [-0.1, -0.05) is 37.6 Å². The molecule has 158 valence electrons. The third-order valence-corrected chi connectivity index (χ3v) is 5.86. The number of aromatic nitrogens is 1. The maximum atomic E-state index is 12.2. The van der Waals surface area contributed by atoms with Crippen LogP contribution < -0.4 is 0 Å². The van der Waals surface area contributed by atoms with E-state index >= 15 is 0 Å². The Labute approximate surface area is 174 Å². The average molecular weight is 398 g/mol. The van der Waals surface area contributed by atoms with Gasteiger partial charge in [0, 0.05) is 49.2 Å². The first-order valence-corrected chi connectivity index (χ1v) is 10.7. The number of carbonyl (C=O) groups is 1. The summed E-state index contributed by atoms with van der Waals surface area (Å²) in [5.74, 6) is 0. The molecule has 0 radical (unpaired) electrons. The first kappa shape index (κ1) is 21.4. The topological polar surface area (TPSA) is 37.7 Å². The van der Waals surface area contributed by atoms with Crippen molar-refractivity contribution >= 4 is 17.0 Å². The highest BCUT2D eigenvalue weighted by Crippen LogP contribution is 2.32. The molecule has 1 aromatic heterocycles. The van der Waals surface area contributed by atoms with Gasteiger partial charge in [0.05, 0.1) is 6.54 Å². The molecule has 0 N–H and O–H groups in total. The number of nitrogens with zero attached hydrogens (tertiary/aromatic N) is 3. The van der Waals surface area contributed by atoms with E-state index in [4.69, 9.17) is 4.74 Å². The molecule has 0 spiro atoms. The number of hydrogen-bond acceptors (Lipinski definition) is 3. The molecule has 5 heteroatoms. The fourth-order valence-electron chi connectivity index (χ4n) is 4.43. The SMILES string of the molecule is C=CCN1CC(CCC)(CCN(C)Cc2cn(C(C)C)c3ccccc23)OC1=O. The van der Waals surface area contributed by atoms with Gasteiger partial charge in [-0.05, 0) is 38.9 Å². The summed E-state index contributed by atoms with van der Waals surface area (Å²) < 4.78 is 8.22. The van der Waals surface area contributed by atoms with E-state index in [0.29, 0.717) is 19.1 Å². The van der Waals surface area contributed by atoms with Gasteiger partial charge in [0.1, 0.15) is 5.60 Å². The van der Waals surface area contributed by atoms with Gasteiger partial charge in [0.25, 0.3) is 0 Å². The summed E-state index contributed by atoms with van der Waals surface area (Å²) >= 11 is 0. The minimum absolute atomic E-state index is 0.207. The second-order valence-corrected chi connectivity index (χ2v) is 8.63. The van der Waals surface area contributed by atoms with Crippen LogP contribution >= 0.6 is 0 Å². The molecule has 0 saturated carbocycles. The zero-order chi connectivity index (χ0) is 21.0. The molecule has 1 unspecified atom stereocenters. The minimum atomic E-state index is -0.380. The molecule has 0 bridgehead atoms. The van der Waals surface area contributed by atoms with E-state index in [9.17, 15) is 4.79 Å².